The molecule has 0 unspecified atom stereocenters. The number of ether oxygens (including phenoxy) is 1. The number of anilines is 2. The second kappa shape index (κ2) is 5.44. The van der Waals surface area contributed by atoms with Gasteiger partial charge in [-0.2, -0.15) is 0 Å². The second-order valence-corrected chi connectivity index (χ2v) is 4.52. The van der Waals surface area contributed by atoms with Gasteiger partial charge in [0.05, 0.1) is 18.5 Å². The predicted octanol–water partition coefficient (Wildman–Crippen LogP) is 1.63. The molecule has 1 aromatic rings. The molecule has 0 radical (unpaired) electrons. The third-order valence-electron chi connectivity index (χ3n) is 3.39. The Labute approximate surface area is 107 Å². The molecule has 18 heavy (non-hydrogen) atoms. The fourth-order valence-electron chi connectivity index (χ4n) is 2.23. The van der Waals surface area contributed by atoms with Crippen LogP contribution in [0.2, 0.25) is 0 Å². The molecule has 0 amide bonds. The van der Waals surface area contributed by atoms with Gasteiger partial charge in [0.25, 0.3) is 0 Å². The van der Waals surface area contributed by atoms with Gasteiger partial charge in [0.1, 0.15) is 0 Å². The van der Waals surface area contributed by atoms with Gasteiger partial charge in [0.15, 0.2) is 11.6 Å². The van der Waals surface area contributed by atoms with Crippen molar-refractivity contribution in [2.24, 2.45) is 0 Å². The minimum atomic E-state index is -0.283. The normalized spacial score (nSPS) is 16.8. The first-order chi connectivity index (χ1) is 8.67. The largest absolute Gasteiger partial charge is 0.492 e. The average Bonchev–Trinajstić information content (AvgIpc) is 2.39. The smallest absolute Gasteiger partial charge is 0.190 e. The van der Waals surface area contributed by atoms with Crippen LogP contribution in [0.1, 0.15) is 0 Å². The summed E-state index contributed by atoms with van der Waals surface area (Å²) >= 11 is 0. The second-order valence-electron chi connectivity index (χ2n) is 4.52. The van der Waals surface area contributed by atoms with Gasteiger partial charge in [-0.3, -0.25) is 0 Å². The zero-order valence-electron chi connectivity index (χ0n) is 11.2. The number of likely N-dealkylation sites (N-methyl/N-ethyl adjacent to an activating group) is 1. The Hall–Kier alpha value is -1.49. The molecule has 1 fully saturated rings. The summed E-state index contributed by atoms with van der Waals surface area (Å²) in [6.45, 7) is 3.59. The molecule has 1 heterocycles. The van der Waals surface area contributed by atoms with Gasteiger partial charge >= 0.3 is 0 Å². The Kier molecular flexibility index (Phi) is 3.91. The van der Waals surface area contributed by atoms with Crippen molar-refractivity contribution in [2.45, 2.75) is 0 Å². The van der Waals surface area contributed by atoms with Crippen molar-refractivity contribution < 1.29 is 9.13 Å². The highest BCUT2D eigenvalue weighted by atomic mass is 19.1. The Morgan fingerprint density at radius 1 is 1.22 bits per heavy atom. The van der Waals surface area contributed by atoms with Crippen molar-refractivity contribution in [3.8, 4) is 5.75 Å². The summed E-state index contributed by atoms with van der Waals surface area (Å²) in [4.78, 5) is 4.31. The molecule has 0 atom stereocenters. The third-order valence-corrected chi connectivity index (χ3v) is 3.39. The molecule has 0 bridgehead atoms. The lowest BCUT2D eigenvalue weighted by molar-refractivity contribution is 0.311. The quantitative estimate of drug-likeness (QED) is 0.886. The SMILES string of the molecule is CNc1ccc(N2CCN(C)CC2)c(F)c1OC. The Balaban J connectivity index is 2.28. The number of hydrogen-bond donors (Lipinski definition) is 1. The van der Waals surface area contributed by atoms with E-state index in [4.69, 9.17) is 4.74 Å². The van der Waals surface area contributed by atoms with E-state index < -0.39 is 0 Å². The van der Waals surface area contributed by atoms with E-state index in [9.17, 15) is 4.39 Å². The highest BCUT2D eigenvalue weighted by Crippen LogP contribution is 2.34. The van der Waals surface area contributed by atoms with Crippen LogP contribution in [0.25, 0.3) is 0 Å². The van der Waals surface area contributed by atoms with Gasteiger partial charge < -0.3 is 19.9 Å². The zero-order chi connectivity index (χ0) is 13.1. The molecule has 100 valence electrons. The van der Waals surface area contributed by atoms with Crippen molar-refractivity contribution in [1.29, 1.82) is 0 Å². The van der Waals surface area contributed by atoms with Crippen molar-refractivity contribution in [3.63, 3.8) is 0 Å². The fourth-order valence-corrected chi connectivity index (χ4v) is 2.23. The van der Waals surface area contributed by atoms with Gasteiger partial charge in [0, 0.05) is 33.2 Å². The van der Waals surface area contributed by atoms with Crippen molar-refractivity contribution in [3.05, 3.63) is 17.9 Å². The number of rotatable bonds is 3. The molecule has 1 N–H and O–H groups in total. The van der Waals surface area contributed by atoms with Crippen LogP contribution in [-0.2, 0) is 0 Å². The maximum absolute atomic E-state index is 14.4. The Bertz CT molecular complexity index is 417. The van der Waals surface area contributed by atoms with Crippen LogP contribution < -0.4 is 15.0 Å². The number of nitrogens with zero attached hydrogens (tertiary/aromatic N) is 2. The van der Waals surface area contributed by atoms with Gasteiger partial charge in [-0.15, -0.1) is 0 Å². The summed E-state index contributed by atoms with van der Waals surface area (Å²) in [6, 6.07) is 3.67. The Morgan fingerprint density at radius 3 is 2.44 bits per heavy atom. The van der Waals surface area contributed by atoms with Crippen molar-refractivity contribution >= 4 is 11.4 Å². The van der Waals surface area contributed by atoms with Gasteiger partial charge in [-0.05, 0) is 19.2 Å². The molecular weight excluding hydrogens is 233 g/mol. The van der Waals surface area contributed by atoms with E-state index in [1.165, 1.54) is 7.11 Å². The first kappa shape index (κ1) is 13.0. The maximum atomic E-state index is 14.4. The van der Waals surface area contributed by atoms with E-state index in [-0.39, 0.29) is 11.6 Å². The number of benzene rings is 1. The van der Waals surface area contributed by atoms with Crippen LogP contribution >= 0.6 is 0 Å². The predicted molar refractivity (Wildman–Crippen MR) is 72.2 cm³/mol. The summed E-state index contributed by atoms with van der Waals surface area (Å²) in [5, 5.41) is 2.93. The van der Waals surface area contributed by atoms with Crippen molar-refractivity contribution in [2.75, 3.05) is 57.6 Å². The summed E-state index contributed by atoms with van der Waals surface area (Å²) < 4.78 is 19.5. The molecule has 0 saturated carbocycles. The van der Waals surface area contributed by atoms with E-state index in [1.54, 1.807) is 7.05 Å². The van der Waals surface area contributed by atoms with E-state index >= 15 is 0 Å². The molecular formula is C13H20FN3O. The molecule has 2 rings (SSSR count). The average molecular weight is 253 g/mol. The summed E-state index contributed by atoms with van der Waals surface area (Å²) in [7, 11) is 5.33. The van der Waals surface area contributed by atoms with Gasteiger partial charge in [-0.1, -0.05) is 0 Å². The van der Waals surface area contributed by atoms with Crippen molar-refractivity contribution in [1.82, 2.24) is 4.90 Å². The van der Waals surface area contributed by atoms with Crippen LogP contribution in [-0.4, -0.2) is 52.3 Å². The van der Waals surface area contributed by atoms with E-state index in [2.05, 4.69) is 22.2 Å². The van der Waals surface area contributed by atoms with E-state index in [0.717, 1.165) is 26.2 Å². The van der Waals surface area contributed by atoms with Crippen LogP contribution in [0, 0.1) is 5.82 Å². The van der Waals surface area contributed by atoms with Crippen LogP contribution in [0.3, 0.4) is 0 Å². The van der Waals surface area contributed by atoms with E-state index in [1.807, 2.05) is 12.1 Å². The Morgan fingerprint density at radius 2 is 1.89 bits per heavy atom. The lowest BCUT2D eigenvalue weighted by atomic mass is 10.2. The molecule has 4 nitrogen and oxygen atoms in total. The highest BCUT2D eigenvalue weighted by molar-refractivity contribution is 5.65. The van der Waals surface area contributed by atoms with Crippen LogP contribution in [0.15, 0.2) is 12.1 Å². The molecule has 0 aliphatic carbocycles. The lowest BCUT2D eigenvalue weighted by Crippen LogP contribution is -2.44. The molecule has 1 saturated heterocycles. The van der Waals surface area contributed by atoms with Crippen LogP contribution in [0.4, 0.5) is 15.8 Å². The summed E-state index contributed by atoms with van der Waals surface area (Å²) in [6.07, 6.45) is 0. The third kappa shape index (κ3) is 2.36. The zero-order valence-corrected chi connectivity index (χ0v) is 11.2. The summed E-state index contributed by atoms with van der Waals surface area (Å²) in [5.74, 6) is 0.00262. The number of nitrogens with one attached hydrogen (secondary N) is 1. The van der Waals surface area contributed by atoms with Gasteiger partial charge in [-0.25, -0.2) is 4.39 Å². The van der Waals surface area contributed by atoms with E-state index in [0.29, 0.717) is 11.4 Å². The number of hydrogen-bond acceptors (Lipinski definition) is 4. The molecule has 0 aromatic heterocycles. The molecule has 1 aliphatic heterocycles. The first-order valence-corrected chi connectivity index (χ1v) is 6.15. The number of halogens is 1. The lowest BCUT2D eigenvalue weighted by Gasteiger charge is -2.34. The number of piperazine rings is 1. The standard InChI is InChI=1S/C13H20FN3O/c1-15-10-4-5-11(12(14)13(10)18-3)17-8-6-16(2)7-9-17/h4-5,15H,6-9H2,1-3H3. The first-order valence-electron chi connectivity index (χ1n) is 6.15. The van der Waals surface area contributed by atoms with Gasteiger partial charge in [0.2, 0.25) is 0 Å². The minimum Gasteiger partial charge on any atom is -0.492 e. The molecule has 0 spiro atoms. The molecule has 5 heteroatoms. The maximum Gasteiger partial charge on any atom is 0.190 e. The molecule has 1 aromatic carbocycles. The topological polar surface area (TPSA) is 27.7 Å². The summed E-state index contributed by atoms with van der Waals surface area (Å²) in [5.41, 5.74) is 1.30. The monoisotopic (exact) mass is 253 g/mol. The fraction of sp³-hybridized carbons (Fsp3) is 0.538. The molecule has 1 aliphatic rings. The van der Waals surface area contributed by atoms with Crippen LogP contribution in [0.5, 0.6) is 5.75 Å². The minimum absolute atomic E-state index is 0.283. The highest BCUT2D eigenvalue weighted by Gasteiger charge is 2.21. The number of methoxy groups -OCH3 is 1.